The lowest BCUT2D eigenvalue weighted by molar-refractivity contribution is -0.145. The predicted molar refractivity (Wildman–Crippen MR) is 66.9 cm³/mol. The minimum absolute atomic E-state index is 0.341. The maximum Gasteiger partial charge on any atom is 0.313 e. The Morgan fingerprint density at radius 3 is 2.44 bits per heavy atom. The van der Waals surface area contributed by atoms with Gasteiger partial charge < -0.3 is 14.6 Å². The molecule has 4 nitrogen and oxygen atoms in total. The number of carboxylic acid groups (broad SMARTS) is 1. The number of ether oxygens (including phenoxy) is 2. The standard InChI is InChI=1S/C14H18O4/c1-14(13(15)16,7-10-8-18-9-10)11-3-5-12(17-2)6-4-11/h3-6,10H,7-9H2,1-2H3,(H,15,16). The maximum absolute atomic E-state index is 11.6. The lowest BCUT2D eigenvalue weighted by Crippen LogP contribution is -2.40. The summed E-state index contributed by atoms with van der Waals surface area (Å²) in [7, 11) is 1.59. The lowest BCUT2D eigenvalue weighted by Gasteiger charge is -2.34. The van der Waals surface area contributed by atoms with Crippen molar-refractivity contribution >= 4 is 5.97 Å². The van der Waals surface area contributed by atoms with Crippen molar-refractivity contribution in [2.24, 2.45) is 5.92 Å². The van der Waals surface area contributed by atoms with Gasteiger partial charge in [0.15, 0.2) is 0 Å². The van der Waals surface area contributed by atoms with E-state index in [-0.39, 0.29) is 0 Å². The van der Waals surface area contributed by atoms with E-state index in [4.69, 9.17) is 9.47 Å². The van der Waals surface area contributed by atoms with E-state index in [0.29, 0.717) is 25.6 Å². The molecule has 0 bridgehead atoms. The van der Waals surface area contributed by atoms with Gasteiger partial charge in [0.1, 0.15) is 5.75 Å². The smallest absolute Gasteiger partial charge is 0.313 e. The second-order valence-corrected chi connectivity index (χ2v) is 4.97. The Morgan fingerprint density at radius 1 is 1.44 bits per heavy atom. The van der Waals surface area contributed by atoms with Crippen molar-refractivity contribution in [3.05, 3.63) is 29.8 Å². The zero-order valence-corrected chi connectivity index (χ0v) is 10.7. The topological polar surface area (TPSA) is 55.8 Å². The Balaban J connectivity index is 2.23. The van der Waals surface area contributed by atoms with Crippen LogP contribution in [-0.2, 0) is 14.9 Å². The summed E-state index contributed by atoms with van der Waals surface area (Å²) < 4.78 is 10.2. The van der Waals surface area contributed by atoms with Crippen LogP contribution in [0.4, 0.5) is 0 Å². The summed E-state index contributed by atoms with van der Waals surface area (Å²) in [6.07, 6.45) is 0.606. The highest BCUT2D eigenvalue weighted by molar-refractivity contribution is 5.81. The van der Waals surface area contributed by atoms with Crippen LogP contribution in [0, 0.1) is 5.92 Å². The molecule has 4 heteroatoms. The van der Waals surface area contributed by atoms with E-state index in [1.54, 1.807) is 26.2 Å². The van der Waals surface area contributed by atoms with Crippen LogP contribution in [0.15, 0.2) is 24.3 Å². The van der Waals surface area contributed by atoms with Gasteiger partial charge in [-0.05, 0) is 31.0 Å². The third kappa shape index (κ3) is 2.34. The number of benzene rings is 1. The van der Waals surface area contributed by atoms with E-state index in [1.165, 1.54) is 0 Å². The molecule has 18 heavy (non-hydrogen) atoms. The number of aliphatic carboxylic acids is 1. The molecule has 0 aliphatic carbocycles. The van der Waals surface area contributed by atoms with Crippen LogP contribution in [0.1, 0.15) is 18.9 Å². The van der Waals surface area contributed by atoms with E-state index in [0.717, 1.165) is 11.3 Å². The average molecular weight is 250 g/mol. The van der Waals surface area contributed by atoms with Gasteiger partial charge in [-0.3, -0.25) is 4.79 Å². The van der Waals surface area contributed by atoms with E-state index in [9.17, 15) is 9.90 Å². The predicted octanol–water partition coefficient (Wildman–Crippen LogP) is 2.07. The van der Waals surface area contributed by atoms with Crippen LogP contribution < -0.4 is 4.74 Å². The van der Waals surface area contributed by atoms with Crippen molar-refractivity contribution in [2.45, 2.75) is 18.8 Å². The monoisotopic (exact) mass is 250 g/mol. The number of hydrogen-bond acceptors (Lipinski definition) is 3. The van der Waals surface area contributed by atoms with Gasteiger partial charge in [0, 0.05) is 5.92 Å². The molecule has 0 saturated carbocycles. The second kappa shape index (κ2) is 4.98. The fraction of sp³-hybridized carbons (Fsp3) is 0.500. The largest absolute Gasteiger partial charge is 0.497 e. The van der Waals surface area contributed by atoms with Crippen LogP contribution in [0.3, 0.4) is 0 Å². The summed E-state index contributed by atoms with van der Waals surface area (Å²) in [5.41, 5.74) is -0.0523. The number of carboxylic acids is 1. The van der Waals surface area contributed by atoms with Gasteiger partial charge in [-0.25, -0.2) is 0 Å². The van der Waals surface area contributed by atoms with Gasteiger partial charge in [0.05, 0.1) is 25.7 Å². The summed E-state index contributed by atoms with van der Waals surface area (Å²) in [5, 5.41) is 9.51. The van der Waals surface area contributed by atoms with Crippen LogP contribution in [0.25, 0.3) is 0 Å². The number of rotatable bonds is 5. The maximum atomic E-state index is 11.6. The van der Waals surface area contributed by atoms with Crippen molar-refractivity contribution in [1.82, 2.24) is 0 Å². The first kappa shape index (κ1) is 12.9. The van der Waals surface area contributed by atoms with Crippen LogP contribution >= 0.6 is 0 Å². The molecule has 1 aliphatic rings. The molecular formula is C14H18O4. The number of carbonyl (C=O) groups is 1. The summed E-state index contributed by atoms with van der Waals surface area (Å²) in [5.74, 6) is 0.284. The van der Waals surface area contributed by atoms with Crippen molar-refractivity contribution in [3.8, 4) is 5.75 Å². The van der Waals surface area contributed by atoms with Crippen LogP contribution in [0.2, 0.25) is 0 Å². The Hall–Kier alpha value is -1.55. The van der Waals surface area contributed by atoms with E-state index in [1.807, 2.05) is 12.1 Å². The fourth-order valence-electron chi connectivity index (χ4n) is 2.27. The quantitative estimate of drug-likeness (QED) is 0.869. The van der Waals surface area contributed by atoms with E-state index >= 15 is 0 Å². The molecule has 98 valence electrons. The van der Waals surface area contributed by atoms with E-state index in [2.05, 4.69) is 0 Å². The van der Waals surface area contributed by atoms with Gasteiger partial charge >= 0.3 is 5.97 Å². The Bertz CT molecular complexity index is 422. The van der Waals surface area contributed by atoms with Gasteiger partial charge in [-0.2, -0.15) is 0 Å². The first-order chi connectivity index (χ1) is 8.56. The van der Waals surface area contributed by atoms with Crippen molar-refractivity contribution in [1.29, 1.82) is 0 Å². The van der Waals surface area contributed by atoms with Gasteiger partial charge in [-0.15, -0.1) is 0 Å². The molecule has 1 aliphatic heterocycles. The van der Waals surface area contributed by atoms with Gasteiger partial charge in [0.2, 0.25) is 0 Å². The lowest BCUT2D eigenvalue weighted by atomic mass is 9.75. The SMILES string of the molecule is COc1ccc(C(C)(CC2COC2)C(=O)O)cc1. The molecular weight excluding hydrogens is 232 g/mol. The fourth-order valence-corrected chi connectivity index (χ4v) is 2.27. The molecule has 1 atom stereocenters. The van der Waals surface area contributed by atoms with E-state index < -0.39 is 11.4 Å². The Kier molecular flexibility index (Phi) is 3.57. The number of hydrogen-bond donors (Lipinski definition) is 1. The van der Waals surface area contributed by atoms with Crippen molar-refractivity contribution in [2.75, 3.05) is 20.3 Å². The minimum atomic E-state index is -0.860. The molecule has 1 heterocycles. The molecule has 0 amide bonds. The Morgan fingerprint density at radius 2 is 2.06 bits per heavy atom. The molecule has 1 N–H and O–H groups in total. The highest BCUT2D eigenvalue weighted by Crippen LogP contribution is 2.34. The van der Waals surface area contributed by atoms with Crippen molar-refractivity contribution in [3.63, 3.8) is 0 Å². The molecule has 0 spiro atoms. The van der Waals surface area contributed by atoms with Gasteiger partial charge in [-0.1, -0.05) is 12.1 Å². The van der Waals surface area contributed by atoms with Crippen molar-refractivity contribution < 1.29 is 19.4 Å². The molecule has 1 saturated heterocycles. The molecule has 1 aromatic rings. The van der Waals surface area contributed by atoms with Gasteiger partial charge in [0.25, 0.3) is 0 Å². The summed E-state index contributed by atoms with van der Waals surface area (Å²) >= 11 is 0. The third-order valence-corrected chi connectivity index (χ3v) is 3.60. The van der Waals surface area contributed by atoms with Crippen LogP contribution in [0.5, 0.6) is 5.75 Å². The molecule has 0 aromatic heterocycles. The molecule has 1 unspecified atom stereocenters. The molecule has 1 fully saturated rings. The summed E-state index contributed by atoms with van der Waals surface area (Å²) in [6.45, 7) is 3.10. The summed E-state index contributed by atoms with van der Waals surface area (Å²) in [4.78, 5) is 11.6. The normalized spacial score (nSPS) is 18.8. The molecule has 0 radical (unpaired) electrons. The zero-order chi connectivity index (χ0) is 13.2. The Labute approximate surface area is 107 Å². The third-order valence-electron chi connectivity index (χ3n) is 3.60. The average Bonchev–Trinajstić information content (AvgIpc) is 2.33. The minimum Gasteiger partial charge on any atom is -0.497 e. The number of methoxy groups -OCH3 is 1. The first-order valence-corrected chi connectivity index (χ1v) is 6.02. The highest BCUT2D eigenvalue weighted by atomic mass is 16.5. The second-order valence-electron chi connectivity index (χ2n) is 4.97. The van der Waals surface area contributed by atoms with Crippen LogP contribution in [-0.4, -0.2) is 31.4 Å². The molecule has 2 rings (SSSR count). The summed E-state index contributed by atoms with van der Waals surface area (Å²) in [6, 6.07) is 7.25. The zero-order valence-electron chi connectivity index (χ0n) is 10.7. The highest BCUT2D eigenvalue weighted by Gasteiger charge is 2.39. The first-order valence-electron chi connectivity index (χ1n) is 6.02. The molecule has 1 aromatic carbocycles.